The van der Waals surface area contributed by atoms with Gasteiger partial charge in [-0.05, 0) is 6.42 Å². The predicted octanol–water partition coefficient (Wildman–Crippen LogP) is 0.451. The summed E-state index contributed by atoms with van der Waals surface area (Å²) in [5.74, 6) is 0.514. The lowest BCUT2D eigenvalue weighted by Crippen LogP contribution is -2.35. The highest BCUT2D eigenvalue weighted by atomic mass is 32.2. The van der Waals surface area contributed by atoms with E-state index in [9.17, 15) is 8.42 Å². The van der Waals surface area contributed by atoms with Gasteiger partial charge in [-0.3, -0.25) is 4.99 Å². The van der Waals surface area contributed by atoms with Gasteiger partial charge in [0.2, 0.25) is 0 Å². The number of hydrogen-bond acceptors (Lipinski definition) is 6. The van der Waals surface area contributed by atoms with Crippen LogP contribution < -0.4 is 0 Å². The van der Waals surface area contributed by atoms with Crippen molar-refractivity contribution in [2.24, 2.45) is 20.0 Å². The van der Waals surface area contributed by atoms with E-state index in [1.54, 1.807) is 0 Å². The highest BCUT2D eigenvalue weighted by molar-refractivity contribution is 8.06. The second kappa shape index (κ2) is 4.25. The normalized spacial score (nSPS) is 22.9. The first-order valence-corrected chi connectivity index (χ1v) is 6.72. The number of nitrogens with zero attached hydrogens (tertiary/aromatic N) is 4. The molecule has 16 heavy (non-hydrogen) atoms. The van der Waals surface area contributed by atoms with Crippen molar-refractivity contribution in [3.63, 3.8) is 0 Å². The maximum atomic E-state index is 12.0. The van der Waals surface area contributed by atoms with Gasteiger partial charge in [-0.25, -0.2) is 23.4 Å². The molecule has 0 saturated carbocycles. The molecule has 1 unspecified atom stereocenters. The summed E-state index contributed by atoms with van der Waals surface area (Å²) in [5.41, 5.74) is 0. The summed E-state index contributed by atoms with van der Waals surface area (Å²) in [5, 5.41) is 0.0726. The molecule has 2 aliphatic heterocycles. The minimum atomic E-state index is -3.34. The predicted molar refractivity (Wildman–Crippen MR) is 64.3 cm³/mol. The summed E-state index contributed by atoms with van der Waals surface area (Å²) in [6.45, 7) is 1.94. The maximum absolute atomic E-state index is 12.0. The molecule has 7 heteroatoms. The third-order valence-corrected chi connectivity index (χ3v) is 4.14. The van der Waals surface area contributed by atoms with E-state index < -0.39 is 15.9 Å². The second-order valence-electron chi connectivity index (χ2n) is 3.54. The van der Waals surface area contributed by atoms with Gasteiger partial charge in [-0.1, -0.05) is 13.3 Å². The molecule has 0 bridgehead atoms. The lowest BCUT2D eigenvalue weighted by molar-refractivity contribution is 0.603. The van der Waals surface area contributed by atoms with Crippen LogP contribution in [-0.2, 0) is 9.84 Å². The zero-order valence-corrected chi connectivity index (χ0v) is 9.68. The van der Waals surface area contributed by atoms with Crippen molar-refractivity contribution in [1.29, 1.82) is 0 Å². The zero-order valence-electron chi connectivity index (χ0n) is 8.87. The van der Waals surface area contributed by atoms with E-state index in [1.165, 1.54) is 12.7 Å². The Kier molecular flexibility index (Phi) is 2.95. The quantitative estimate of drug-likeness (QED) is 0.717. The van der Waals surface area contributed by atoms with Gasteiger partial charge in [0, 0.05) is 0 Å². The van der Waals surface area contributed by atoms with Gasteiger partial charge in [-0.15, -0.1) is 0 Å². The molecular formula is C9H12N4O2S. The molecule has 0 N–H and O–H groups in total. The third-order valence-electron chi connectivity index (χ3n) is 2.34. The molecule has 1 atom stereocenters. The fourth-order valence-electron chi connectivity index (χ4n) is 1.48. The maximum Gasteiger partial charge on any atom is 0.194 e. The van der Waals surface area contributed by atoms with Gasteiger partial charge in [0.1, 0.15) is 12.7 Å². The summed E-state index contributed by atoms with van der Waals surface area (Å²) >= 11 is 0. The van der Waals surface area contributed by atoms with E-state index in [0.29, 0.717) is 12.3 Å². The summed E-state index contributed by atoms with van der Waals surface area (Å²) in [7, 11) is -3.34. The molecular weight excluding hydrogens is 228 g/mol. The molecule has 0 amide bonds. The van der Waals surface area contributed by atoms with Crippen LogP contribution in [0.4, 0.5) is 0 Å². The first kappa shape index (κ1) is 11.1. The van der Waals surface area contributed by atoms with Crippen LogP contribution in [0.5, 0.6) is 0 Å². The van der Waals surface area contributed by atoms with Gasteiger partial charge in [0.15, 0.2) is 26.8 Å². The minimum absolute atomic E-state index is 0.0726. The van der Waals surface area contributed by atoms with E-state index in [0.717, 1.165) is 6.42 Å². The zero-order chi connectivity index (χ0) is 11.6. The van der Waals surface area contributed by atoms with Gasteiger partial charge in [-0.2, -0.15) is 0 Å². The van der Waals surface area contributed by atoms with Crippen molar-refractivity contribution in [1.82, 2.24) is 0 Å². The molecule has 0 fully saturated rings. The summed E-state index contributed by atoms with van der Waals surface area (Å²) < 4.78 is 23.9. The van der Waals surface area contributed by atoms with Crippen molar-refractivity contribution >= 4 is 33.4 Å². The highest BCUT2D eigenvalue weighted by Crippen LogP contribution is 2.14. The molecule has 86 valence electrons. The highest BCUT2D eigenvalue weighted by Gasteiger charge is 2.34. The number of rotatable bonds is 3. The van der Waals surface area contributed by atoms with Crippen LogP contribution in [0.2, 0.25) is 0 Å². The van der Waals surface area contributed by atoms with Crippen molar-refractivity contribution in [2.75, 3.05) is 5.75 Å². The Morgan fingerprint density at radius 3 is 2.88 bits per heavy atom. The SMILES string of the molecule is CCCCS(=O)(=O)C1=NC=NC2=NC=NC21. The number of sulfone groups is 1. The van der Waals surface area contributed by atoms with Gasteiger partial charge in [0.05, 0.1) is 5.75 Å². The van der Waals surface area contributed by atoms with Crippen LogP contribution in [-0.4, -0.2) is 43.8 Å². The molecule has 0 aromatic carbocycles. The largest absolute Gasteiger partial charge is 0.255 e. The number of unbranched alkanes of at least 4 members (excludes halogenated alkanes) is 1. The molecule has 2 heterocycles. The van der Waals surface area contributed by atoms with Gasteiger partial charge in [0.25, 0.3) is 0 Å². The lowest BCUT2D eigenvalue weighted by atomic mass is 10.3. The minimum Gasteiger partial charge on any atom is -0.255 e. The first-order chi connectivity index (χ1) is 7.65. The van der Waals surface area contributed by atoms with Crippen LogP contribution in [0.3, 0.4) is 0 Å². The van der Waals surface area contributed by atoms with Crippen molar-refractivity contribution in [3.05, 3.63) is 0 Å². The average Bonchev–Trinajstić information content (AvgIpc) is 2.73. The molecule has 0 aromatic rings. The molecule has 0 aromatic heterocycles. The first-order valence-electron chi connectivity index (χ1n) is 5.07. The second-order valence-corrected chi connectivity index (χ2v) is 5.59. The Labute approximate surface area is 93.9 Å². The van der Waals surface area contributed by atoms with Crippen LogP contribution in [0, 0.1) is 0 Å². The van der Waals surface area contributed by atoms with Gasteiger partial charge >= 0.3 is 0 Å². The number of aliphatic imine (C=N–C) groups is 4. The number of fused-ring (bicyclic) bond motifs is 1. The Bertz CT molecular complexity index is 502. The Balaban J connectivity index is 2.27. The third kappa shape index (κ3) is 1.95. The Morgan fingerprint density at radius 2 is 2.12 bits per heavy atom. The number of hydrogen-bond donors (Lipinski definition) is 0. The van der Waals surface area contributed by atoms with Crippen molar-refractivity contribution < 1.29 is 8.42 Å². The molecule has 2 aliphatic rings. The molecule has 0 radical (unpaired) electrons. The van der Waals surface area contributed by atoms with E-state index in [4.69, 9.17) is 0 Å². The van der Waals surface area contributed by atoms with Gasteiger partial charge < -0.3 is 0 Å². The fourth-order valence-corrected chi connectivity index (χ4v) is 3.07. The number of amidine groups is 1. The topological polar surface area (TPSA) is 83.6 Å². The lowest BCUT2D eigenvalue weighted by Gasteiger charge is -2.13. The van der Waals surface area contributed by atoms with E-state index in [2.05, 4.69) is 20.0 Å². The fraction of sp³-hybridized carbons (Fsp3) is 0.556. The van der Waals surface area contributed by atoms with Crippen molar-refractivity contribution in [2.45, 2.75) is 25.8 Å². The van der Waals surface area contributed by atoms with E-state index in [-0.39, 0.29) is 10.8 Å². The van der Waals surface area contributed by atoms with E-state index >= 15 is 0 Å². The standard InChI is InChI=1S/C9H12N4O2S/c1-2-3-4-16(14,15)9-7-8(11-5-10-7)12-6-13-9/h5-7H,2-4H2,1H3. The summed E-state index contributed by atoms with van der Waals surface area (Å²) in [6, 6.07) is -0.619. The molecule has 6 nitrogen and oxygen atoms in total. The van der Waals surface area contributed by atoms with Crippen LogP contribution in [0.15, 0.2) is 20.0 Å². The van der Waals surface area contributed by atoms with Crippen LogP contribution >= 0.6 is 0 Å². The average molecular weight is 240 g/mol. The monoisotopic (exact) mass is 240 g/mol. The Hall–Kier alpha value is -1.37. The molecule has 0 saturated heterocycles. The molecule has 2 rings (SSSR count). The Morgan fingerprint density at radius 1 is 1.31 bits per heavy atom. The van der Waals surface area contributed by atoms with Crippen LogP contribution in [0.1, 0.15) is 19.8 Å². The van der Waals surface area contributed by atoms with Crippen molar-refractivity contribution in [3.8, 4) is 0 Å². The smallest absolute Gasteiger partial charge is 0.194 e. The van der Waals surface area contributed by atoms with E-state index in [1.807, 2.05) is 6.92 Å². The molecule has 0 aliphatic carbocycles. The molecule has 0 spiro atoms. The summed E-state index contributed by atoms with van der Waals surface area (Å²) in [6.07, 6.45) is 4.01. The summed E-state index contributed by atoms with van der Waals surface area (Å²) in [4.78, 5) is 15.6. The van der Waals surface area contributed by atoms with Crippen LogP contribution in [0.25, 0.3) is 0 Å².